The summed E-state index contributed by atoms with van der Waals surface area (Å²) in [6, 6.07) is 0. The van der Waals surface area contributed by atoms with Crippen LogP contribution in [0.15, 0.2) is 11.9 Å². The quantitative estimate of drug-likeness (QED) is 0.572. The summed E-state index contributed by atoms with van der Waals surface area (Å²) in [5.41, 5.74) is 5.38. The van der Waals surface area contributed by atoms with E-state index in [0.29, 0.717) is 5.92 Å². The number of rotatable bonds is 0. The fraction of sp³-hybridized carbons (Fsp3) is 0.500. The van der Waals surface area contributed by atoms with E-state index >= 15 is 0 Å². The van der Waals surface area contributed by atoms with Gasteiger partial charge in [0.2, 0.25) is 0 Å². The maximum atomic E-state index is 4.38. The fourth-order valence-corrected chi connectivity index (χ4v) is 1.96. The summed E-state index contributed by atoms with van der Waals surface area (Å²) in [6.45, 7) is 6.60. The lowest BCUT2D eigenvalue weighted by Crippen LogP contribution is -1.98. The topological polar surface area (TPSA) is 17.8 Å². The largest absolute Gasteiger partial charge is 0.337 e. The van der Waals surface area contributed by atoms with Gasteiger partial charge < -0.3 is 4.57 Å². The van der Waals surface area contributed by atoms with E-state index in [1.807, 2.05) is 6.33 Å². The second kappa shape index (κ2) is 2.22. The number of aryl methyl sites for hydroxylation is 1. The highest BCUT2D eigenvalue weighted by Gasteiger charge is 2.26. The first-order valence-corrected chi connectivity index (χ1v) is 4.32. The van der Waals surface area contributed by atoms with Crippen molar-refractivity contribution in [2.24, 2.45) is 7.05 Å². The van der Waals surface area contributed by atoms with E-state index in [2.05, 4.69) is 37.4 Å². The summed E-state index contributed by atoms with van der Waals surface area (Å²) < 4.78 is 2.12. The molecule has 2 nitrogen and oxygen atoms in total. The molecule has 0 saturated carbocycles. The van der Waals surface area contributed by atoms with Crippen molar-refractivity contribution in [1.82, 2.24) is 9.55 Å². The molecular formula is C10H14N2. The Bertz CT molecular complexity index is 358. The number of hydrogen-bond donors (Lipinski definition) is 0. The Labute approximate surface area is 72.9 Å². The molecule has 1 aliphatic carbocycles. The lowest BCUT2D eigenvalue weighted by Gasteiger charge is -2.07. The van der Waals surface area contributed by atoms with E-state index in [1.54, 1.807) is 0 Å². The second-order valence-corrected chi connectivity index (χ2v) is 3.62. The van der Waals surface area contributed by atoms with Crippen molar-refractivity contribution in [1.29, 1.82) is 0 Å². The van der Waals surface area contributed by atoms with Crippen LogP contribution in [0.1, 0.15) is 38.1 Å². The lowest BCUT2D eigenvalue weighted by molar-refractivity contribution is 0.769. The predicted octanol–water partition coefficient (Wildman–Crippen LogP) is 2.33. The molecule has 1 unspecified atom stereocenters. The standard InChI is InChI=1S/C10H14N2/c1-6-7(2)9-10(8(6)3)12(4)5-11-9/h5,8H,1-4H3. The summed E-state index contributed by atoms with van der Waals surface area (Å²) >= 11 is 0. The van der Waals surface area contributed by atoms with Crippen LogP contribution < -0.4 is 0 Å². The molecule has 1 atom stereocenters. The Hall–Kier alpha value is -1.05. The van der Waals surface area contributed by atoms with Gasteiger partial charge >= 0.3 is 0 Å². The first-order chi connectivity index (χ1) is 5.63. The number of imidazole rings is 1. The number of allylic oxidation sites excluding steroid dienone is 2. The summed E-state index contributed by atoms with van der Waals surface area (Å²) in [5, 5.41) is 0. The molecule has 12 heavy (non-hydrogen) atoms. The number of aromatic nitrogens is 2. The van der Waals surface area contributed by atoms with Gasteiger partial charge in [0.05, 0.1) is 17.7 Å². The van der Waals surface area contributed by atoms with Crippen LogP contribution in [-0.4, -0.2) is 9.55 Å². The van der Waals surface area contributed by atoms with Crippen molar-refractivity contribution in [3.8, 4) is 0 Å². The average molecular weight is 162 g/mol. The normalized spacial score (nSPS) is 21.8. The van der Waals surface area contributed by atoms with Crippen molar-refractivity contribution in [3.63, 3.8) is 0 Å². The van der Waals surface area contributed by atoms with E-state index < -0.39 is 0 Å². The minimum Gasteiger partial charge on any atom is -0.337 e. The minimum atomic E-state index is 0.549. The van der Waals surface area contributed by atoms with Gasteiger partial charge in [0, 0.05) is 13.0 Å². The monoisotopic (exact) mass is 162 g/mol. The maximum absolute atomic E-state index is 4.38. The van der Waals surface area contributed by atoms with Crippen LogP contribution in [0, 0.1) is 0 Å². The Morgan fingerprint density at radius 3 is 2.67 bits per heavy atom. The summed E-state index contributed by atoms with van der Waals surface area (Å²) in [6.07, 6.45) is 1.90. The highest BCUT2D eigenvalue weighted by atomic mass is 15.0. The summed E-state index contributed by atoms with van der Waals surface area (Å²) in [5.74, 6) is 0.549. The van der Waals surface area contributed by atoms with Gasteiger partial charge in [-0.15, -0.1) is 0 Å². The molecule has 0 amide bonds. The van der Waals surface area contributed by atoms with Crippen molar-refractivity contribution in [3.05, 3.63) is 23.3 Å². The zero-order valence-electron chi connectivity index (χ0n) is 8.05. The first-order valence-electron chi connectivity index (χ1n) is 4.32. The van der Waals surface area contributed by atoms with Gasteiger partial charge in [-0.3, -0.25) is 0 Å². The van der Waals surface area contributed by atoms with Crippen LogP contribution in [0.25, 0.3) is 5.57 Å². The molecule has 0 N–H and O–H groups in total. The first kappa shape index (κ1) is 7.59. The second-order valence-electron chi connectivity index (χ2n) is 3.62. The fourth-order valence-electron chi connectivity index (χ4n) is 1.96. The van der Waals surface area contributed by atoms with Crippen molar-refractivity contribution >= 4 is 5.57 Å². The molecule has 0 radical (unpaired) electrons. The van der Waals surface area contributed by atoms with Crippen LogP contribution in [0.2, 0.25) is 0 Å². The van der Waals surface area contributed by atoms with Crippen LogP contribution in [0.3, 0.4) is 0 Å². The van der Waals surface area contributed by atoms with Crippen LogP contribution in [-0.2, 0) is 7.05 Å². The molecule has 0 spiro atoms. The number of nitrogens with zero attached hydrogens (tertiary/aromatic N) is 2. The van der Waals surface area contributed by atoms with Crippen LogP contribution >= 0.6 is 0 Å². The third-order valence-corrected chi connectivity index (χ3v) is 2.99. The van der Waals surface area contributed by atoms with E-state index in [9.17, 15) is 0 Å². The third-order valence-electron chi connectivity index (χ3n) is 2.99. The Morgan fingerprint density at radius 1 is 1.42 bits per heavy atom. The molecule has 2 heteroatoms. The average Bonchev–Trinajstić information content (AvgIpc) is 2.51. The SMILES string of the molecule is CC1=C(C)C(C)c2c1ncn2C. The highest BCUT2D eigenvalue weighted by Crippen LogP contribution is 2.39. The molecule has 2 rings (SSSR count). The number of fused-ring (bicyclic) bond motifs is 1. The molecule has 1 aromatic rings. The molecule has 0 bridgehead atoms. The van der Waals surface area contributed by atoms with E-state index in [1.165, 1.54) is 22.5 Å². The summed E-state index contributed by atoms with van der Waals surface area (Å²) in [4.78, 5) is 4.38. The maximum Gasteiger partial charge on any atom is 0.0953 e. The van der Waals surface area contributed by atoms with E-state index in [4.69, 9.17) is 0 Å². The Balaban J connectivity index is 2.66. The Kier molecular flexibility index (Phi) is 1.40. The van der Waals surface area contributed by atoms with Gasteiger partial charge in [0.1, 0.15) is 0 Å². The molecule has 0 aromatic carbocycles. The van der Waals surface area contributed by atoms with Crippen LogP contribution in [0.5, 0.6) is 0 Å². The van der Waals surface area contributed by atoms with Gasteiger partial charge in [-0.1, -0.05) is 12.5 Å². The van der Waals surface area contributed by atoms with Crippen LogP contribution in [0.4, 0.5) is 0 Å². The molecule has 0 aliphatic heterocycles. The van der Waals surface area contributed by atoms with Crippen molar-refractivity contribution < 1.29 is 0 Å². The highest BCUT2D eigenvalue weighted by molar-refractivity contribution is 5.72. The predicted molar refractivity (Wildman–Crippen MR) is 49.9 cm³/mol. The van der Waals surface area contributed by atoms with Gasteiger partial charge in [-0.25, -0.2) is 4.98 Å². The Morgan fingerprint density at radius 2 is 2.08 bits per heavy atom. The minimum absolute atomic E-state index is 0.549. The molecule has 1 aliphatic rings. The van der Waals surface area contributed by atoms with E-state index in [0.717, 1.165) is 0 Å². The van der Waals surface area contributed by atoms with Gasteiger partial charge in [-0.05, 0) is 19.4 Å². The summed E-state index contributed by atoms with van der Waals surface area (Å²) in [7, 11) is 2.06. The van der Waals surface area contributed by atoms with Gasteiger partial charge in [-0.2, -0.15) is 0 Å². The molecule has 0 saturated heterocycles. The smallest absolute Gasteiger partial charge is 0.0953 e. The van der Waals surface area contributed by atoms with Crippen molar-refractivity contribution in [2.45, 2.75) is 26.7 Å². The molecule has 1 aromatic heterocycles. The molecular weight excluding hydrogens is 148 g/mol. The molecule has 64 valence electrons. The zero-order chi connectivity index (χ0) is 8.88. The van der Waals surface area contributed by atoms with Gasteiger partial charge in [0.15, 0.2) is 0 Å². The van der Waals surface area contributed by atoms with Crippen molar-refractivity contribution in [2.75, 3.05) is 0 Å². The van der Waals surface area contributed by atoms with E-state index in [-0.39, 0.29) is 0 Å². The van der Waals surface area contributed by atoms with Gasteiger partial charge in [0.25, 0.3) is 0 Å². The molecule has 0 fully saturated rings. The zero-order valence-corrected chi connectivity index (χ0v) is 8.05. The lowest BCUT2D eigenvalue weighted by atomic mass is 10.0. The molecule has 1 heterocycles. The number of hydrogen-bond acceptors (Lipinski definition) is 1. The third kappa shape index (κ3) is 0.724.